The lowest BCUT2D eigenvalue weighted by molar-refractivity contribution is 0.343. The molecule has 0 aliphatic carbocycles. The molecule has 23 heavy (non-hydrogen) atoms. The predicted molar refractivity (Wildman–Crippen MR) is 83.8 cm³/mol. The number of hydrogen-bond donors (Lipinski definition) is 1. The number of benzene rings is 2. The van der Waals surface area contributed by atoms with Gasteiger partial charge in [0.05, 0.1) is 25.7 Å². The second-order valence-electron chi connectivity index (χ2n) is 4.73. The maximum absolute atomic E-state index is 12.1. The lowest BCUT2D eigenvalue weighted by Crippen LogP contribution is -2.00. The van der Waals surface area contributed by atoms with E-state index in [-0.39, 0.29) is 22.9 Å². The number of phenols is 1. The molecule has 0 aliphatic heterocycles. The predicted octanol–water partition coefficient (Wildman–Crippen LogP) is 3.31. The van der Waals surface area contributed by atoms with Gasteiger partial charge in [-0.15, -0.1) is 0 Å². The van der Waals surface area contributed by atoms with Crippen LogP contribution in [0.4, 0.5) is 0 Å². The smallest absolute Gasteiger partial charge is 0.294 e. The van der Waals surface area contributed by atoms with Crippen LogP contribution < -0.4 is 19.6 Å². The minimum absolute atomic E-state index is 0.00968. The molecule has 1 N–H and O–H groups in total. The number of phenolic OH excluding ortho intramolecular Hbond substituents is 1. The van der Waals surface area contributed by atoms with Crippen molar-refractivity contribution < 1.29 is 23.7 Å². The van der Waals surface area contributed by atoms with Gasteiger partial charge in [-0.1, -0.05) is 0 Å². The van der Waals surface area contributed by atoms with E-state index in [0.29, 0.717) is 22.5 Å². The third kappa shape index (κ3) is 2.91. The Morgan fingerprint density at radius 2 is 1.74 bits per heavy atom. The second kappa shape index (κ2) is 5.92. The molecule has 0 bridgehead atoms. The fraction of sp³-hybridized carbons (Fsp3) is 0.118. The van der Waals surface area contributed by atoms with Crippen molar-refractivity contribution in [1.29, 1.82) is 0 Å². The van der Waals surface area contributed by atoms with E-state index in [4.69, 9.17) is 18.6 Å². The summed E-state index contributed by atoms with van der Waals surface area (Å²) in [6, 6.07) is 10.6. The Hall–Kier alpha value is -3.15. The molecular weight excluding hydrogens is 300 g/mol. The summed E-state index contributed by atoms with van der Waals surface area (Å²) in [4.78, 5) is 12.1. The van der Waals surface area contributed by atoms with Crippen LogP contribution in [0, 0.1) is 0 Å². The Morgan fingerprint density at radius 3 is 2.48 bits per heavy atom. The van der Waals surface area contributed by atoms with Crippen molar-refractivity contribution in [3.8, 4) is 28.9 Å². The van der Waals surface area contributed by atoms with E-state index in [2.05, 4.69) is 0 Å². The van der Waals surface area contributed by atoms with Crippen LogP contribution >= 0.6 is 0 Å². The molecule has 1 heterocycles. The zero-order chi connectivity index (χ0) is 16.4. The summed E-state index contributed by atoms with van der Waals surface area (Å²) < 4.78 is 21.3. The highest BCUT2D eigenvalue weighted by Gasteiger charge is 2.10. The maximum atomic E-state index is 12.1. The molecule has 118 valence electrons. The number of rotatable bonds is 4. The van der Waals surface area contributed by atoms with E-state index in [9.17, 15) is 9.90 Å². The van der Waals surface area contributed by atoms with Gasteiger partial charge in [0.2, 0.25) is 0 Å². The second-order valence-corrected chi connectivity index (χ2v) is 4.73. The van der Waals surface area contributed by atoms with Crippen LogP contribution in [-0.4, -0.2) is 19.3 Å². The summed E-state index contributed by atoms with van der Waals surface area (Å²) >= 11 is 0. The van der Waals surface area contributed by atoms with E-state index in [1.165, 1.54) is 38.5 Å². The molecule has 3 rings (SSSR count). The minimum atomic E-state index is -0.227. The van der Waals surface area contributed by atoms with E-state index in [1.54, 1.807) is 18.2 Å². The Morgan fingerprint density at radius 1 is 0.957 bits per heavy atom. The first-order valence-electron chi connectivity index (χ1n) is 6.77. The summed E-state index contributed by atoms with van der Waals surface area (Å²) in [5.41, 5.74) is 0.132. The van der Waals surface area contributed by atoms with Crippen molar-refractivity contribution in [3.05, 3.63) is 52.7 Å². The van der Waals surface area contributed by atoms with Crippen LogP contribution in [0.1, 0.15) is 0 Å². The fourth-order valence-electron chi connectivity index (χ4n) is 2.13. The van der Waals surface area contributed by atoms with Gasteiger partial charge in [0.1, 0.15) is 17.1 Å². The highest BCUT2D eigenvalue weighted by atomic mass is 16.6. The van der Waals surface area contributed by atoms with Crippen molar-refractivity contribution >= 4 is 11.0 Å². The molecule has 0 spiro atoms. The van der Waals surface area contributed by atoms with E-state index >= 15 is 0 Å². The molecule has 2 aromatic carbocycles. The average Bonchev–Trinajstić information content (AvgIpc) is 2.56. The van der Waals surface area contributed by atoms with Crippen molar-refractivity contribution in [1.82, 2.24) is 0 Å². The Kier molecular flexibility index (Phi) is 3.80. The number of methoxy groups -OCH3 is 2. The quantitative estimate of drug-likeness (QED) is 0.796. The van der Waals surface area contributed by atoms with Crippen molar-refractivity contribution in [2.45, 2.75) is 0 Å². The molecule has 0 amide bonds. The Labute approximate surface area is 131 Å². The monoisotopic (exact) mass is 314 g/mol. The van der Waals surface area contributed by atoms with Gasteiger partial charge in [-0.05, 0) is 24.3 Å². The zero-order valence-corrected chi connectivity index (χ0v) is 12.5. The number of fused-ring (bicyclic) bond motifs is 1. The van der Waals surface area contributed by atoms with Gasteiger partial charge in [-0.3, -0.25) is 4.79 Å². The summed E-state index contributed by atoms with van der Waals surface area (Å²) in [6.07, 6.45) is 0. The first-order chi connectivity index (χ1) is 11.1. The van der Waals surface area contributed by atoms with E-state index in [1.807, 2.05) is 0 Å². The average molecular weight is 314 g/mol. The summed E-state index contributed by atoms with van der Waals surface area (Å²) in [7, 11) is 2.96. The van der Waals surface area contributed by atoms with Gasteiger partial charge >= 0.3 is 0 Å². The third-order valence-corrected chi connectivity index (χ3v) is 3.28. The van der Waals surface area contributed by atoms with Crippen molar-refractivity contribution in [2.75, 3.05) is 14.2 Å². The highest BCUT2D eigenvalue weighted by molar-refractivity contribution is 5.78. The standard InChI is InChI=1S/C17H14O6/c1-20-10-3-5-12-14(19)9-17(23-15(12)7-10)22-11-4-6-13(18)16(8-11)21-2/h3-9,18H,1-2H3. The number of aromatic hydroxyl groups is 1. The molecule has 3 aromatic rings. The normalized spacial score (nSPS) is 10.5. The van der Waals surface area contributed by atoms with Crippen molar-refractivity contribution in [2.24, 2.45) is 0 Å². The lowest BCUT2D eigenvalue weighted by atomic mass is 10.2. The van der Waals surface area contributed by atoms with Gasteiger partial charge < -0.3 is 23.7 Å². The van der Waals surface area contributed by atoms with Crippen LogP contribution in [0.5, 0.6) is 28.9 Å². The molecule has 0 saturated heterocycles. The van der Waals surface area contributed by atoms with Crippen LogP contribution in [0.2, 0.25) is 0 Å². The van der Waals surface area contributed by atoms with Crippen LogP contribution in [-0.2, 0) is 0 Å². The third-order valence-electron chi connectivity index (χ3n) is 3.28. The molecule has 6 nitrogen and oxygen atoms in total. The largest absolute Gasteiger partial charge is 0.504 e. The van der Waals surface area contributed by atoms with Gasteiger partial charge in [-0.25, -0.2) is 0 Å². The van der Waals surface area contributed by atoms with Crippen LogP contribution in [0.3, 0.4) is 0 Å². The number of ether oxygens (including phenoxy) is 3. The summed E-state index contributed by atoms with van der Waals surface area (Å²) in [5.74, 6) is 1.22. The minimum Gasteiger partial charge on any atom is -0.504 e. The molecular formula is C17H14O6. The number of hydrogen-bond acceptors (Lipinski definition) is 6. The summed E-state index contributed by atoms with van der Waals surface area (Å²) in [6.45, 7) is 0. The molecule has 0 unspecified atom stereocenters. The molecule has 0 fully saturated rings. The molecule has 0 saturated carbocycles. The van der Waals surface area contributed by atoms with E-state index < -0.39 is 0 Å². The zero-order valence-electron chi connectivity index (χ0n) is 12.5. The van der Waals surface area contributed by atoms with Crippen LogP contribution in [0.15, 0.2) is 51.7 Å². The van der Waals surface area contributed by atoms with Gasteiger partial charge in [0, 0.05) is 12.1 Å². The maximum Gasteiger partial charge on any atom is 0.294 e. The molecule has 0 radical (unpaired) electrons. The lowest BCUT2D eigenvalue weighted by Gasteiger charge is -2.08. The fourth-order valence-corrected chi connectivity index (χ4v) is 2.13. The first kappa shape index (κ1) is 14.8. The van der Waals surface area contributed by atoms with Gasteiger partial charge in [0.25, 0.3) is 5.95 Å². The van der Waals surface area contributed by atoms with Gasteiger partial charge in [-0.2, -0.15) is 0 Å². The highest BCUT2D eigenvalue weighted by Crippen LogP contribution is 2.32. The van der Waals surface area contributed by atoms with Crippen LogP contribution in [0.25, 0.3) is 11.0 Å². The van der Waals surface area contributed by atoms with Gasteiger partial charge in [0.15, 0.2) is 16.9 Å². The molecule has 6 heteroatoms. The molecule has 0 aliphatic rings. The Bertz CT molecular complexity index is 913. The molecule has 0 atom stereocenters. The SMILES string of the molecule is COc1ccc2c(=O)cc(Oc3ccc(O)c(OC)c3)oc2c1. The summed E-state index contributed by atoms with van der Waals surface area (Å²) in [5, 5.41) is 10.0. The van der Waals surface area contributed by atoms with Crippen molar-refractivity contribution in [3.63, 3.8) is 0 Å². The van der Waals surface area contributed by atoms with E-state index in [0.717, 1.165) is 0 Å². The molecule has 1 aromatic heterocycles. The Balaban J connectivity index is 2.01. The first-order valence-corrected chi connectivity index (χ1v) is 6.77. The topological polar surface area (TPSA) is 78.1 Å².